The maximum absolute atomic E-state index is 11.2. The average Bonchev–Trinajstić information content (AvgIpc) is 2.48. The van der Waals surface area contributed by atoms with Gasteiger partial charge >= 0.3 is 0 Å². The van der Waals surface area contributed by atoms with Gasteiger partial charge in [0, 0.05) is 0 Å². The van der Waals surface area contributed by atoms with E-state index < -0.39 is 5.91 Å². The van der Waals surface area contributed by atoms with Crippen LogP contribution in [-0.2, 0) is 0 Å². The van der Waals surface area contributed by atoms with Crippen LogP contribution in [0, 0.1) is 0 Å². The summed E-state index contributed by atoms with van der Waals surface area (Å²) in [5.74, 6) is 1.20. The Morgan fingerprint density at radius 2 is 1.76 bits per heavy atom. The van der Waals surface area contributed by atoms with Gasteiger partial charge in [0.2, 0.25) is 0 Å². The second-order valence-electron chi connectivity index (χ2n) is 4.50. The topological polar surface area (TPSA) is 87.6 Å². The molecular weight excluding hydrogens is 268 g/mol. The first-order valence-corrected chi connectivity index (χ1v) is 6.71. The summed E-state index contributed by atoms with van der Waals surface area (Å²) in [6.45, 7) is 2.72. The van der Waals surface area contributed by atoms with E-state index in [2.05, 4.69) is 0 Å². The van der Waals surface area contributed by atoms with Gasteiger partial charge in [0.1, 0.15) is 11.5 Å². The van der Waals surface area contributed by atoms with Gasteiger partial charge in [-0.05, 0) is 42.8 Å². The molecule has 2 aromatic rings. The molecule has 0 saturated heterocycles. The first-order chi connectivity index (χ1) is 10.1. The van der Waals surface area contributed by atoms with Crippen LogP contribution in [0.2, 0.25) is 0 Å². The smallest absolute Gasteiger partial charge is 0.250 e. The minimum atomic E-state index is -0.582. The predicted molar refractivity (Wildman–Crippen MR) is 81.7 cm³/mol. The van der Waals surface area contributed by atoms with Crippen LogP contribution >= 0.6 is 0 Å². The van der Waals surface area contributed by atoms with Crippen LogP contribution in [-0.4, -0.2) is 12.5 Å². The number of carbonyl (C=O) groups is 1. The normalized spacial score (nSPS) is 10.1. The van der Waals surface area contributed by atoms with E-state index in [0.29, 0.717) is 18.1 Å². The Hall–Kier alpha value is -2.69. The molecule has 0 radical (unpaired) electrons. The van der Waals surface area contributed by atoms with Gasteiger partial charge in [-0.2, -0.15) is 0 Å². The molecule has 0 aliphatic heterocycles. The van der Waals surface area contributed by atoms with E-state index in [1.807, 2.05) is 19.1 Å². The van der Waals surface area contributed by atoms with Gasteiger partial charge in [-0.25, -0.2) is 0 Å². The minimum absolute atomic E-state index is 0.233. The third-order valence-electron chi connectivity index (χ3n) is 2.86. The lowest BCUT2D eigenvalue weighted by molar-refractivity contribution is 0.100. The van der Waals surface area contributed by atoms with Crippen LogP contribution in [0.1, 0.15) is 23.7 Å². The summed E-state index contributed by atoms with van der Waals surface area (Å²) in [7, 11) is 0. The van der Waals surface area contributed by atoms with Crippen molar-refractivity contribution in [3.63, 3.8) is 0 Å². The number of para-hydroxylation sites is 1. The van der Waals surface area contributed by atoms with Crippen LogP contribution in [0.25, 0.3) is 0 Å². The van der Waals surface area contributed by atoms with Crippen molar-refractivity contribution in [2.24, 2.45) is 5.73 Å². The van der Waals surface area contributed by atoms with E-state index in [9.17, 15) is 4.79 Å². The molecule has 21 heavy (non-hydrogen) atoms. The zero-order chi connectivity index (χ0) is 15.2. The zero-order valence-electron chi connectivity index (χ0n) is 11.8. The molecule has 0 aliphatic rings. The fourth-order valence-corrected chi connectivity index (χ4v) is 1.80. The summed E-state index contributed by atoms with van der Waals surface area (Å²) < 4.78 is 11.2. The number of nitrogens with two attached hydrogens (primary N) is 2. The van der Waals surface area contributed by atoms with Crippen molar-refractivity contribution in [1.82, 2.24) is 0 Å². The number of ether oxygens (including phenoxy) is 2. The highest BCUT2D eigenvalue weighted by Gasteiger charge is 2.11. The van der Waals surface area contributed by atoms with Gasteiger partial charge < -0.3 is 20.9 Å². The summed E-state index contributed by atoms with van der Waals surface area (Å²) in [4.78, 5) is 11.2. The SMILES string of the molecule is CCCOc1ccc(Oc2cccc(C(N)=O)c2N)cc1. The first kappa shape index (κ1) is 14.7. The molecule has 2 rings (SSSR count). The van der Waals surface area contributed by atoms with Crippen LogP contribution in [0.5, 0.6) is 17.2 Å². The molecule has 0 spiro atoms. The van der Waals surface area contributed by atoms with Crippen LogP contribution in [0.4, 0.5) is 5.69 Å². The fourth-order valence-electron chi connectivity index (χ4n) is 1.80. The molecule has 2 aromatic carbocycles. The third kappa shape index (κ3) is 3.66. The van der Waals surface area contributed by atoms with Crippen molar-refractivity contribution in [2.45, 2.75) is 13.3 Å². The zero-order valence-corrected chi connectivity index (χ0v) is 11.8. The van der Waals surface area contributed by atoms with Crippen LogP contribution < -0.4 is 20.9 Å². The fraction of sp³-hybridized carbons (Fsp3) is 0.188. The van der Waals surface area contributed by atoms with Crippen molar-refractivity contribution in [1.29, 1.82) is 0 Å². The quantitative estimate of drug-likeness (QED) is 0.799. The number of hydrogen-bond donors (Lipinski definition) is 2. The molecule has 1 amide bonds. The first-order valence-electron chi connectivity index (χ1n) is 6.71. The standard InChI is InChI=1S/C16H18N2O3/c1-2-10-20-11-6-8-12(9-7-11)21-14-5-3-4-13(15(14)17)16(18)19/h3-9H,2,10,17H2,1H3,(H2,18,19). The Bertz CT molecular complexity index is 624. The highest BCUT2D eigenvalue weighted by molar-refractivity contribution is 5.99. The predicted octanol–water partition coefficient (Wildman–Crippen LogP) is 2.95. The highest BCUT2D eigenvalue weighted by atomic mass is 16.5. The largest absolute Gasteiger partial charge is 0.494 e. The Morgan fingerprint density at radius 1 is 1.10 bits per heavy atom. The van der Waals surface area contributed by atoms with Gasteiger partial charge in [-0.3, -0.25) is 4.79 Å². The number of nitrogen functional groups attached to an aromatic ring is 1. The Morgan fingerprint density at radius 3 is 2.38 bits per heavy atom. The summed E-state index contributed by atoms with van der Waals surface area (Å²) in [5, 5.41) is 0. The average molecular weight is 286 g/mol. The van der Waals surface area contributed by atoms with Crippen molar-refractivity contribution in [2.75, 3.05) is 12.3 Å². The van der Waals surface area contributed by atoms with Gasteiger partial charge in [0.25, 0.3) is 5.91 Å². The molecule has 0 fully saturated rings. The van der Waals surface area contributed by atoms with E-state index >= 15 is 0 Å². The van der Waals surface area contributed by atoms with Crippen molar-refractivity contribution in [3.05, 3.63) is 48.0 Å². The van der Waals surface area contributed by atoms with Crippen molar-refractivity contribution < 1.29 is 14.3 Å². The number of carbonyl (C=O) groups excluding carboxylic acids is 1. The second kappa shape index (κ2) is 6.65. The molecule has 0 aliphatic carbocycles. The molecule has 4 N–H and O–H groups in total. The number of benzene rings is 2. The summed E-state index contributed by atoms with van der Waals surface area (Å²) >= 11 is 0. The summed E-state index contributed by atoms with van der Waals surface area (Å²) in [6, 6.07) is 12.1. The number of anilines is 1. The highest BCUT2D eigenvalue weighted by Crippen LogP contribution is 2.30. The monoisotopic (exact) mass is 286 g/mol. The maximum Gasteiger partial charge on any atom is 0.250 e. The Labute approximate surface area is 123 Å². The Kier molecular flexibility index (Phi) is 4.66. The molecule has 0 saturated carbocycles. The summed E-state index contributed by atoms with van der Waals surface area (Å²) in [6.07, 6.45) is 0.953. The van der Waals surface area contributed by atoms with Gasteiger partial charge in [0.15, 0.2) is 5.75 Å². The number of primary amides is 1. The van der Waals surface area contributed by atoms with Gasteiger partial charge in [-0.15, -0.1) is 0 Å². The molecule has 5 heteroatoms. The van der Waals surface area contributed by atoms with Gasteiger partial charge in [-0.1, -0.05) is 13.0 Å². The lowest BCUT2D eigenvalue weighted by atomic mass is 10.1. The third-order valence-corrected chi connectivity index (χ3v) is 2.86. The molecule has 0 aromatic heterocycles. The van der Waals surface area contributed by atoms with Crippen molar-refractivity contribution in [3.8, 4) is 17.2 Å². The van der Waals surface area contributed by atoms with E-state index in [4.69, 9.17) is 20.9 Å². The molecule has 0 atom stereocenters. The van der Waals surface area contributed by atoms with Gasteiger partial charge in [0.05, 0.1) is 17.9 Å². The van der Waals surface area contributed by atoms with E-state index in [1.54, 1.807) is 30.3 Å². The molecular formula is C16H18N2O3. The minimum Gasteiger partial charge on any atom is -0.494 e. The lowest BCUT2D eigenvalue weighted by Gasteiger charge is -2.11. The van der Waals surface area contributed by atoms with E-state index in [0.717, 1.165) is 12.2 Å². The lowest BCUT2D eigenvalue weighted by Crippen LogP contribution is -2.13. The Balaban J connectivity index is 2.15. The molecule has 110 valence electrons. The van der Waals surface area contributed by atoms with E-state index in [1.165, 1.54) is 0 Å². The summed E-state index contributed by atoms with van der Waals surface area (Å²) in [5.41, 5.74) is 11.6. The molecule has 0 bridgehead atoms. The second-order valence-corrected chi connectivity index (χ2v) is 4.50. The van der Waals surface area contributed by atoms with Crippen LogP contribution in [0.3, 0.4) is 0 Å². The number of amides is 1. The van der Waals surface area contributed by atoms with Crippen molar-refractivity contribution >= 4 is 11.6 Å². The van der Waals surface area contributed by atoms with Crippen LogP contribution in [0.15, 0.2) is 42.5 Å². The molecule has 5 nitrogen and oxygen atoms in total. The molecule has 0 unspecified atom stereocenters. The van der Waals surface area contributed by atoms with E-state index in [-0.39, 0.29) is 11.3 Å². The molecule has 0 heterocycles. The number of rotatable bonds is 6. The number of hydrogen-bond acceptors (Lipinski definition) is 4. The maximum atomic E-state index is 11.2.